The molecule has 124 valence electrons. The van der Waals surface area contributed by atoms with E-state index in [9.17, 15) is 14.3 Å². The Balaban J connectivity index is 1.78. The van der Waals surface area contributed by atoms with E-state index < -0.39 is 5.82 Å². The smallest absolute Gasteiger partial charge is 0.289 e. The summed E-state index contributed by atoms with van der Waals surface area (Å²) in [5, 5.41) is 9.78. The highest BCUT2D eigenvalue weighted by molar-refractivity contribution is 5.96. The summed E-state index contributed by atoms with van der Waals surface area (Å²) < 4.78 is 19.1. The van der Waals surface area contributed by atoms with Crippen LogP contribution in [0.25, 0.3) is 11.0 Å². The Morgan fingerprint density at radius 3 is 2.58 bits per heavy atom. The number of nitrogens with zero attached hydrogens (tertiary/aromatic N) is 1. The highest BCUT2D eigenvalue weighted by Gasteiger charge is 2.20. The van der Waals surface area contributed by atoms with Gasteiger partial charge in [0.25, 0.3) is 5.91 Å². The highest BCUT2D eigenvalue weighted by atomic mass is 19.1. The summed E-state index contributed by atoms with van der Waals surface area (Å²) in [5.41, 5.74) is 1.18. The summed E-state index contributed by atoms with van der Waals surface area (Å²) in [6.45, 7) is 0.503. The molecule has 2 aromatic carbocycles. The fraction of sp³-hybridized carbons (Fsp3) is 0.211. The van der Waals surface area contributed by atoms with Crippen molar-refractivity contribution in [3.63, 3.8) is 0 Å². The second-order valence-electron chi connectivity index (χ2n) is 5.52. The Hall–Kier alpha value is -2.66. The minimum absolute atomic E-state index is 0.0767. The van der Waals surface area contributed by atoms with Crippen molar-refractivity contribution in [2.24, 2.45) is 0 Å². The lowest BCUT2D eigenvalue weighted by molar-refractivity contribution is 0.0694. The van der Waals surface area contributed by atoms with Crippen LogP contribution in [-0.4, -0.2) is 35.6 Å². The van der Waals surface area contributed by atoms with E-state index in [1.807, 2.05) is 30.3 Å². The molecule has 0 radical (unpaired) electrons. The molecule has 0 fully saturated rings. The summed E-state index contributed by atoms with van der Waals surface area (Å²) in [6.07, 6.45) is 0.668. The Morgan fingerprint density at radius 2 is 1.88 bits per heavy atom. The van der Waals surface area contributed by atoms with Crippen LogP contribution in [0.4, 0.5) is 4.39 Å². The SMILES string of the molecule is O=C(c1cc2cccc(F)c2o1)N(CCO)CCc1ccccc1. The molecular weight excluding hydrogens is 309 g/mol. The monoisotopic (exact) mass is 327 g/mol. The maximum atomic E-state index is 13.7. The molecule has 0 aliphatic rings. The molecule has 0 saturated carbocycles. The number of hydrogen-bond donors (Lipinski definition) is 1. The lowest BCUT2D eigenvalue weighted by Gasteiger charge is -2.20. The van der Waals surface area contributed by atoms with Crippen molar-refractivity contribution in [2.75, 3.05) is 19.7 Å². The first-order chi connectivity index (χ1) is 11.7. The molecule has 24 heavy (non-hydrogen) atoms. The van der Waals surface area contributed by atoms with Gasteiger partial charge in [-0.25, -0.2) is 4.39 Å². The number of carbonyl (C=O) groups excluding carboxylic acids is 1. The molecule has 1 amide bonds. The zero-order valence-corrected chi connectivity index (χ0v) is 13.1. The third-order valence-corrected chi connectivity index (χ3v) is 3.88. The molecule has 0 atom stereocenters. The number of aliphatic hydroxyl groups is 1. The largest absolute Gasteiger partial charge is 0.448 e. The van der Waals surface area contributed by atoms with Crippen LogP contribution in [0.2, 0.25) is 0 Å². The normalized spacial score (nSPS) is 10.9. The zero-order valence-electron chi connectivity index (χ0n) is 13.1. The van der Waals surface area contributed by atoms with Gasteiger partial charge < -0.3 is 14.4 Å². The molecule has 0 bridgehead atoms. The van der Waals surface area contributed by atoms with Crippen molar-refractivity contribution in [1.29, 1.82) is 0 Å². The average Bonchev–Trinajstić information content (AvgIpc) is 3.04. The van der Waals surface area contributed by atoms with Crippen LogP contribution in [0.5, 0.6) is 0 Å². The van der Waals surface area contributed by atoms with Crippen molar-refractivity contribution in [2.45, 2.75) is 6.42 Å². The van der Waals surface area contributed by atoms with Crippen LogP contribution in [0.1, 0.15) is 16.1 Å². The molecule has 0 aliphatic carbocycles. The first-order valence-corrected chi connectivity index (χ1v) is 7.81. The third kappa shape index (κ3) is 3.46. The van der Waals surface area contributed by atoms with Crippen molar-refractivity contribution >= 4 is 16.9 Å². The van der Waals surface area contributed by atoms with E-state index in [0.29, 0.717) is 18.4 Å². The minimum Gasteiger partial charge on any atom is -0.448 e. The number of aliphatic hydroxyl groups excluding tert-OH is 1. The summed E-state index contributed by atoms with van der Waals surface area (Å²) in [7, 11) is 0. The molecule has 0 saturated heterocycles. The lowest BCUT2D eigenvalue weighted by atomic mass is 10.1. The molecular formula is C19H18FNO3. The molecule has 1 heterocycles. The van der Waals surface area contributed by atoms with Crippen LogP contribution in [0, 0.1) is 5.82 Å². The van der Waals surface area contributed by atoms with Crippen LogP contribution in [0.15, 0.2) is 59.0 Å². The minimum atomic E-state index is -0.496. The number of benzene rings is 2. The van der Waals surface area contributed by atoms with E-state index in [0.717, 1.165) is 5.56 Å². The number of rotatable bonds is 6. The Morgan fingerprint density at radius 1 is 1.08 bits per heavy atom. The van der Waals surface area contributed by atoms with Crippen molar-refractivity contribution in [3.05, 3.63) is 71.7 Å². The number of amides is 1. The molecule has 1 N–H and O–H groups in total. The van der Waals surface area contributed by atoms with Gasteiger partial charge >= 0.3 is 0 Å². The topological polar surface area (TPSA) is 53.7 Å². The van der Waals surface area contributed by atoms with Gasteiger partial charge in [0.1, 0.15) is 0 Å². The summed E-state index contributed by atoms with van der Waals surface area (Å²) >= 11 is 0. The summed E-state index contributed by atoms with van der Waals surface area (Å²) in [4.78, 5) is 14.2. The van der Waals surface area contributed by atoms with Gasteiger partial charge in [-0.3, -0.25) is 4.79 Å². The predicted molar refractivity (Wildman–Crippen MR) is 89.3 cm³/mol. The van der Waals surface area contributed by atoms with Crippen molar-refractivity contribution in [1.82, 2.24) is 4.90 Å². The van der Waals surface area contributed by atoms with E-state index >= 15 is 0 Å². The molecule has 4 nitrogen and oxygen atoms in total. The van der Waals surface area contributed by atoms with Gasteiger partial charge in [0.2, 0.25) is 0 Å². The Bertz CT molecular complexity index is 829. The average molecular weight is 327 g/mol. The number of halogens is 1. The van der Waals surface area contributed by atoms with E-state index in [1.54, 1.807) is 12.1 Å². The van der Waals surface area contributed by atoms with E-state index in [-0.39, 0.29) is 30.4 Å². The molecule has 0 aliphatic heterocycles. The van der Waals surface area contributed by atoms with Crippen LogP contribution in [-0.2, 0) is 6.42 Å². The maximum absolute atomic E-state index is 13.7. The number of hydrogen-bond acceptors (Lipinski definition) is 3. The molecule has 0 unspecified atom stereocenters. The first kappa shape index (κ1) is 16.2. The fourth-order valence-electron chi connectivity index (χ4n) is 2.63. The van der Waals surface area contributed by atoms with E-state index in [2.05, 4.69) is 0 Å². The number of para-hydroxylation sites is 1. The number of fused-ring (bicyclic) bond motifs is 1. The lowest BCUT2D eigenvalue weighted by Crippen LogP contribution is -2.35. The van der Waals surface area contributed by atoms with Crippen LogP contribution >= 0.6 is 0 Å². The van der Waals surface area contributed by atoms with E-state index in [4.69, 9.17) is 4.42 Å². The molecule has 3 aromatic rings. The van der Waals surface area contributed by atoms with E-state index in [1.165, 1.54) is 17.0 Å². The molecule has 1 aromatic heterocycles. The summed E-state index contributed by atoms with van der Waals surface area (Å²) in [6, 6.07) is 15.9. The Labute approximate surface area is 139 Å². The second-order valence-corrected chi connectivity index (χ2v) is 5.52. The van der Waals surface area contributed by atoms with Gasteiger partial charge in [-0.1, -0.05) is 42.5 Å². The first-order valence-electron chi connectivity index (χ1n) is 7.81. The quantitative estimate of drug-likeness (QED) is 0.756. The van der Waals surface area contributed by atoms with Gasteiger partial charge in [-0.15, -0.1) is 0 Å². The van der Waals surface area contributed by atoms with Gasteiger partial charge in [0, 0.05) is 18.5 Å². The standard InChI is InChI=1S/C19H18FNO3/c20-16-8-4-7-15-13-17(24-18(15)16)19(23)21(11-12-22)10-9-14-5-2-1-3-6-14/h1-8,13,22H,9-12H2. The predicted octanol–water partition coefficient (Wildman–Crippen LogP) is 3.25. The van der Waals surface area contributed by atoms with Gasteiger partial charge in [0.15, 0.2) is 17.2 Å². The molecule has 5 heteroatoms. The van der Waals surface area contributed by atoms with Crippen molar-refractivity contribution < 1.29 is 18.7 Å². The fourth-order valence-corrected chi connectivity index (χ4v) is 2.63. The van der Waals surface area contributed by atoms with Gasteiger partial charge in [-0.2, -0.15) is 0 Å². The third-order valence-electron chi connectivity index (χ3n) is 3.88. The number of furan rings is 1. The summed E-state index contributed by atoms with van der Waals surface area (Å²) in [5.74, 6) is -0.767. The van der Waals surface area contributed by atoms with Crippen LogP contribution in [0.3, 0.4) is 0 Å². The maximum Gasteiger partial charge on any atom is 0.289 e. The second kappa shape index (κ2) is 7.27. The van der Waals surface area contributed by atoms with Gasteiger partial charge in [-0.05, 0) is 24.1 Å². The molecule has 3 rings (SSSR count). The molecule has 0 spiro atoms. The highest BCUT2D eigenvalue weighted by Crippen LogP contribution is 2.23. The van der Waals surface area contributed by atoms with Gasteiger partial charge in [0.05, 0.1) is 6.61 Å². The van der Waals surface area contributed by atoms with Crippen molar-refractivity contribution in [3.8, 4) is 0 Å². The van der Waals surface area contributed by atoms with Crippen LogP contribution < -0.4 is 0 Å². The number of carbonyl (C=O) groups is 1. The zero-order chi connectivity index (χ0) is 16.9. The Kier molecular flexibility index (Phi) is 4.91.